The summed E-state index contributed by atoms with van der Waals surface area (Å²) in [4.78, 5) is 12.4. The molecule has 0 saturated carbocycles. The van der Waals surface area contributed by atoms with Gasteiger partial charge in [-0.25, -0.2) is 0 Å². The zero-order chi connectivity index (χ0) is 14.9. The van der Waals surface area contributed by atoms with Gasteiger partial charge in [0.15, 0.2) is 0 Å². The van der Waals surface area contributed by atoms with E-state index in [1.165, 1.54) is 5.56 Å². The number of aryl methyl sites for hydroxylation is 2. The summed E-state index contributed by atoms with van der Waals surface area (Å²) in [5, 5.41) is 11.5. The van der Waals surface area contributed by atoms with Crippen LogP contribution >= 0.6 is 11.3 Å². The van der Waals surface area contributed by atoms with Crippen LogP contribution in [0.4, 0.5) is 0 Å². The molecule has 1 N–H and O–H groups in total. The van der Waals surface area contributed by atoms with Crippen LogP contribution in [0.15, 0.2) is 16.8 Å². The molecule has 0 atom stereocenters. The highest BCUT2D eigenvalue weighted by Crippen LogP contribution is 2.24. The number of nitrogens with zero attached hydrogens (tertiary/aromatic N) is 2. The second-order valence-corrected chi connectivity index (χ2v) is 6.53. The fourth-order valence-corrected chi connectivity index (χ4v) is 3.09. The maximum Gasteiger partial charge on any atom is 0.255 e. The number of amides is 1. The molecule has 0 spiro atoms. The molecule has 108 valence electrons. The van der Waals surface area contributed by atoms with E-state index in [4.69, 9.17) is 0 Å². The summed E-state index contributed by atoms with van der Waals surface area (Å²) in [7, 11) is 1.86. The van der Waals surface area contributed by atoms with Gasteiger partial charge in [0.25, 0.3) is 5.91 Å². The Morgan fingerprint density at radius 3 is 2.65 bits per heavy atom. The second-order valence-electron chi connectivity index (χ2n) is 5.75. The highest BCUT2D eigenvalue weighted by molar-refractivity contribution is 7.08. The highest BCUT2D eigenvalue weighted by atomic mass is 32.1. The molecule has 2 aromatic heterocycles. The summed E-state index contributed by atoms with van der Waals surface area (Å²) in [6, 6.07) is 2.11. The Bertz CT molecular complexity index is 611. The van der Waals surface area contributed by atoms with E-state index in [1.807, 2.05) is 20.9 Å². The van der Waals surface area contributed by atoms with Gasteiger partial charge >= 0.3 is 0 Å². The first-order chi connectivity index (χ1) is 9.33. The molecule has 5 heteroatoms. The molecule has 0 aromatic carbocycles. The Morgan fingerprint density at radius 1 is 1.45 bits per heavy atom. The molecule has 0 unspecified atom stereocenters. The Kier molecular flexibility index (Phi) is 3.99. The largest absolute Gasteiger partial charge is 0.351 e. The summed E-state index contributed by atoms with van der Waals surface area (Å²) < 4.78 is 1.74. The number of nitrogens with one attached hydrogen (secondary N) is 1. The zero-order valence-electron chi connectivity index (χ0n) is 12.7. The number of aromatic nitrogens is 2. The molecule has 2 aromatic rings. The van der Waals surface area contributed by atoms with Crippen LogP contribution in [0, 0.1) is 13.8 Å². The Labute approximate surface area is 123 Å². The van der Waals surface area contributed by atoms with Gasteiger partial charge in [0, 0.05) is 24.7 Å². The van der Waals surface area contributed by atoms with Crippen LogP contribution in [-0.2, 0) is 12.5 Å². The van der Waals surface area contributed by atoms with E-state index in [0.29, 0.717) is 12.1 Å². The predicted octanol–water partition coefficient (Wildman–Crippen LogP) is 2.81. The fraction of sp³-hybridized carbons (Fsp3) is 0.467. The molecule has 4 nitrogen and oxygen atoms in total. The van der Waals surface area contributed by atoms with Gasteiger partial charge < -0.3 is 5.32 Å². The summed E-state index contributed by atoms with van der Waals surface area (Å²) in [5.41, 5.74) is 3.54. The predicted molar refractivity (Wildman–Crippen MR) is 82.4 cm³/mol. The van der Waals surface area contributed by atoms with Gasteiger partial charge in [0.05, 0.1) is 11.3 Å². The molecule has 0 fully saturated rings. The van der Waals surface area contributed by atoms with Crippen molar-refractivity contribution in [3.8, 4) is 0 Å². The lowest BCUT2D eigenvalue weighted by Gasteiger charge is -2.24. The van der Waals surface area contributed by atoms with Crippen LogP contribution in [0.1, 0.15) is 41.2 Å². The van der Waals surface area contributed by atoms with Crippen molar-refractivity contribution in [3.63, 3.8) is 0 Å². The molecule has 2 heterocycles. The minimum atomic E-state index is -0.0698. The highest BCUT2D eigenvalue weighted by Gasteiger charge is 2.24. The molecule has 2 rings (SSSR count). The third kappa shape index (κ3) is 2.77. The van der Waals surface area contributed by atoms with Crippen molar-refractivity contribution in [1.82, 2.24) is 15.1 Å². The van der Waals surface area contributed by atoms with Crippen LogP contribution in [0.5, 0.6) is 0 Å². The normalized spacial score (nSPS) is 11.7. The molecular weight excluding hydrogens is 270 g/mol. The van der Waals surface area contributed by atoms with Crippen LogP contribution in [-0.4, -0.2) is 22.2 Å². The van der Waals surface area contributed by atoms with E-state index in [-0.39, 0.29) is 11.3 Å². The lowest BCUT2D eigenvalue weighted by atomic mass is 9.86. The van der Waals surface area contributed by atoms with Gasteiger partial charge in [-0.3, -0.25) is 9.48 Å². The Balaban J connectivity index is 2.09. The average molecular weight is 291 g/mol. The minimum Gasteiger partial charge on any atom is -0.351 e. The van der Waals surface area contributed by atoms with Gasteiger partial charge in [0.2, 0.25) is 0 Å². The first kappa shape index (κ1) is 14.8. The quantitative estimate of drug-likeness (QED) is 0.941. The third-order valence-electron chi connectivity index (χ3n) is 3.73. The molecule has 0 radical (unpaired) electrons. The number of thiophene rings is 1. The number of carbonyl (C=O) groups is 1. The van der Waals surface area contributed by atoms with Crippen LogP contribution < -0.4 is 5.32 Å². The fourth-order valence-electron chi connectivity index (χ4n) is 2.24. The molecule has 0 saturated heterocycles. The second kappa shape index (κ2) is 5.40. The van der Waals surface area contributed by atoms with Crippen LogP contribution in [0.3, 0.4) is 0 Å². The standard InChI is InChI=1S/C15H21N3OS/c1-10-13(11(2)18(5)17-10)14(19)16-9-15(3,4)12-6-7-20-8-12/h6-8H,9H2,1-5H3,(H,16,19). The molecular formula is C15H21N3OS. The van der Waals surface area contributed by atoms with Crippen molar-refractivity contribution in [1.29, 1.82) is 0 Å². The van der Waals surface area contributed by atoms with Gasteiger partial charge in [-0.2, -0.15) is 16.4 Å². The maximum atomic E-state index is 12.4. The first-order valence-corrected chi connectivity index (χ1v) is 7.58. The SMILES string of the molecule is Cc1nn(C)c(C)c1C(=O)NCC(C)(C)c1ccsc1. The summed E-state index contributed by atoms with van der Waals surface area (Å²) >= 11 is 1.68. The lowest BCUT2D eigenvalue weighted by Crippen LogP contribution is -2.36. The van der Waals surface area contributed by atoms with Crippen molar-refractivity contribution < 1.29 is 4.79 Å². The lowest BCUT2D eigenvalue weighted by molar-refractivity contribution is 0.0944. The van der Waals surface area contributed by atoms with Crippen molar-refractivity contribution in [2.24, 2.45) is 7.05 Å². The summed E-state index contributed by atoms with van der Waals surface area (Å²) in [5.74, 6) is -0.0450. The van der Waals surface area contributed by atoms with E-state index >= 15 is 0 Å². The number of carbonyl (C=O) groups excluding carboxylic acids is 1. The van der Waals surface area contributed by atoms with E-state index in [1.54, 1.807) is 16.0 Å². The zero-order valence-corrected chi connectivity index (χ0v) is 13.5. The van der Waals surface area contributed by atoms with E-state index in [0.717, 1.165) is 11.4 Å². The summed E-state index contributed by atoms with van der Waals surface area (Å²) in [6.45, 7) is 8.66. The molecule has 20 heavy (non-hydrogen) atoms. The van der Waals surface area contributed by atoms with Gasteiger partial charge in [-0.1, -0.05) is 13.8 Å². The van der Waals surface area contributed by atoms with Crippen LogP contribution in [0.25, 0.3) is 0 Å². The van der Waals surface area contributed by atoms with E-state index in [9.17, 15) is 4.79 Å². The molecule has 1 amide bonds. The third-order valence-corrected chi connectivity index (χ3v) is 4.41. The van der Waals surface area contributed by atoms with Gasteiger partial charge in [-0.05, 0) is 36.2 Å². The smallest absolute Gasteiger partial charge is 0.255 e. The van der Waals surface area contributed by atoms with E-state index < -0.39 is 0 Å². The Morgan fingerprint density at radius 2 is 2.15 bits per heavy atom. The number of hydrogen-bond donors (Lipinski definition) is 1. The Hall–Kier alpha value is -1.62. The first-order valence-electron chi connectivity index (χ1n) is 6.64. The maximum absolute atomic E-state index is 12.4. The van der Waals surface area contributed by atoms with Crippen molar-refractivity contribution in [2.75, 3.05) is 6.54 Å². The topological polar surface area (TPSA) is 46.9 Å². The minimum absolute atomic E-state index is 0.0450. The average Bonchev–Trinajstić information content (AvgIpc) is 2.97. The number of rotatable bonds is 4. The van der Waals surface area contributed by atoms with Crippen LogP contribution in [0.2, 0.25) is 0 Å². The molecule has 0 bridgehead atoms. The number of hydrogen-bond acceptors (Lipinski definition) is 3. The van der Waals surface area contributed by atoms with Gasteiger partial charge in [-0.15, -0.1) is 0 Å². The molecule has 0 aliphatic carbocycles. The van der Waals surface area contributed by atoms with Crippen molar-refractivity contribution in [2.45, 2.75) is 33.1 Å². The summed E-state index contributed by atoms with van der Waals surface area (Å²) in [6.07, 6.45) is 0. The molecule has 0 aliphatic heterocycles. The molecule has 0 aliphatic rings. The van der Waals surface area contributed by atoms with Crippen molar-refractivity contribution in [3.05, 3.63) is 39.3 Å². The van der Waals surface area contributed by atoms with Crippen molar-refractivity contribution >= 4 is 17.2 Å². The monoisotopic (exact) mass is 291 g/mol. The van der Waals surface area contributed by atoms with Gasteiger partial charge in [0.1, 0.15) is 0 Å². The van der Waals surface area contributed by atoms with E-state index in [2.05, 4.69) is 41.1 Å².